The summed E-state index contributed by atoms with van der Waals surface area (Å²) in [4.78, 5) is 12.1. The molecule has 18 heavy (non-hydrogen) atoms. The highest BCUT2D eigenvalue weighted by molar-refractivity contribution is 9.12. The second-order valence-electron chi connectivity index (χ2n) is 4.84. The van der Waals surface area contributed by atoms with Crippen molar-refractivity contribution in [3.05, 3.63) is 19.2 Å². The van der Waals surface area contributed by atoms with E-state index in [1.807, 2.05) is 6.07 Å². The van der Waals surface area contributed by atoms with Crippen LogP contribution in [0.15, 0.2) is 13.6 Å². The number of nitrogens with one attached hydrogen (secondary N) is 1. The Morgan fingerprint density at radius 3 is 2.61 bits per heavy atom. The van der Waals surface area contributed by atoms with Crippen LogP contribution >= 0.6 is 43.2 Å². The SMILES string of the molecule is NC1(CNC(=O)c2cc(Br)sc2Br)CCCCC1. The van der Waals surface area contributed by atoms with Gasteiger partial charge in [-0.05, 0) is 50.8 Å². The quantitative estimate of drug-likeness (QED) is 0.820. The molecule has 0 unspecified atom stereocenters. The number of hydrogen-bond donors (Lipinski definition) is 2. The Hall–Kier alpha value is 0.0900. The van der Waals surface area contributed by atoms with E-state index < -0.39 is 0 Å². The fourth-order valence-corrected chi connectivity index (χ4v) is 5.07. The van der Waals surface area contributed by atoms with Crippen LogP contribution in [0.5, 0.6) is 0 Å². The number of halogens is 2. The molecule has 1 heterocycles. The molecule has 0 atom stereocenters. The van der Waals surface area contributed by atoms with Crippen molar-refractivity contribution < 1.29 is 4.79 Å². The zero-order valence-electron chi connectivity index (χ0n) is 9.97. The van der Waals surface area contributed by atoms with Gasteiger partial charge in [-0.2, -0.15) is 0 Å². The van der Waals surface area contributed by atoms with E-state index in [0.29, 0.717) is 12.1 Å². The Morgan fingerprint density at radius 2 is 2.06 bits per heavy atom. The summed E-state index contributed by atoms with van der Waals surface area (Å²) in [5, 5.41) is 2.96. The second kappa shape index (κ2) is 6.03. The van der Waals surface area contributed by atoms with E-state index in [-0.39, 0.29) is 11.4 Å². The molecular formula is C12H16Br2N2OS. The summed E-state index contributed by atoms with van der Waals surface area (Å²) in [5.74, 6) is -0.0563. The van der Waals surface area contributed by atoms with E-state index in [1.165, 1.54) is 30.6 Å². The van der Waals surface area contributed by atoms with E-state index >= 15 is 0 Å². The van der Waals surface area contributed by atoms with E-state index in [2.05, 4.69) is 37.2 Å². The second-order valence-corrected chi connectivity index (χ2v) is 8.59. The molecule has 0 radical (unpaired) electrons. The Kier molecular flexibility index (Phi) is 4.86. The maximum Gasteiger partial charge on any atom is 0.253 e. The molecule has 1 aromatic heterocycles. The summed E-state index contributed by atoms with van der Waals surface area (Å²) in [7, 11) is 0. The molecule has 1 aliphatic carbocycles. The molecule has 0 bridgehead atoms. The third-order valence-corrected chi connectivity index (χ3v) is 5.69. The summed E-state index contributed by atoms with van der Waals surface area (Å²) >= 11 is 8.27. The Labute approximate surface area is 128 Å². The highest BCUT2D eigenvalue weighted by Crippen LogP contribution is 2.32. The van der Waals surface area contributed by atoms with E-state index in [0.717, 1.165) is 20.4 Å². The van der Waals surface area contributed by atoms with Gasteiger partial charge in [0.1, 0.15) is 0 Å². The molecule has 100 valence electrons. The molecule has 2 rings (SSSR count). The maximum atomic E-state index is 12.1. The van der Waals surface area contributed by atoms with Crippen molar-refractivity contribution in [3.8, 4) is 0 Å². The molecule has 3 N–H and O–H groups in total. The van der Waals surface area contributed by atoms with Crippen LogP contribution < -0.4 is 11.1 Å². The Balaban J connectivity index is 1.94. The standard InChI is InChI=1S/C12H16Br2N2OS/c13-9-6-8(10(14)18-9)11(17)16-7-12(15)4-2-1-3-5-12/h6H,1-5,7,15H2,(H,16,17). The lowest BCUT2D eigenvalue weighted by Gasteiger charge is -2.33. The molecular weight excluding hydrogens is 380 g/mol. The van der Waals surface area contributed by atoms with Gasteiger partial charge in [-0.1, -0.05) is 19.3 Å². The third-order valence-electron chi connectivity index (χ3n) is 3.35. The summed E-state index contributed by atoms with van der Waals surface area (Å²) < 4.78 is 1.79. The average Bonchev–Trinajstić information content (AvgIpc) is 2.67. The first-order valence-electron chi connectivity index (χ1n) is 6.02. The third kappa shape index (κ3) is 3.56. The number of amides is 1. The van der Waals surface area contributed by atoms with Crippen LogP contribution in [0.2, 0.25) is 0 Å². The lowest BCUT2D eigenvalue weighted by atomic mass is 9.82. The van der Waals surface area contributed by atoms with Crippen LogP contribution in [-0.2, 0) is 0 Å². The minimum absolute atomic E-state index is 0.0563. The molecule has 0 saturated heterocycles. The van der Waals surface area contributed by atoms with Gasteiger partial charge in [0.25, 0.3) is 5.91 Å². The first-order chi connectivity index (χ1) is 8.50. The minimum Gasteiger partial charge on any atom is -0.350 e. The smallest absolute Gasteiger partial charge is 0.253 e. The number of hydrogen-bond acceptors (Lipinski definition) is 3. The Morgan fingerprint density at radius 1 is 1.39 bits per heavy atom. The molecule has 3 nitrogen and oxygen atoms in total. The summed E-state index contributed by atoms with van der Waals surface area (Å²) in [6.45, 7) is 0.561. The molecule has 1 fully saturated rings. The number of rotatable bonds is 3. The number of nitrogens with two attached hydrogens (primary N) is 1. The molecule has 6 heteroatoms. The maximum absolute atomic E-state index is 12.1. The number of thiophene rings is 1. The van der Waals surface area contributed by atoms with Gasteiger partial charge < -0.3 is 11.1 Å². The van der Waals surface area contributed by atoms with Crippen LogP contribution in [-0.4, -0.2) is 18.0 Å². The van der Waals surface area contributed by atoms with Crippen LogP contribution in [0.4, 0.5) is 0 Å². The lowest BCUT2D eigenvalue weighted by Crippen LogP contribution is -2.51. The average molecular weight is 396 g/mol. The molecule has 0 spiro atoms. The van der Waals surface area contributed by atoms with Gasteiger partial charge in [-0.3, -0.25) is 4.79 Å². The van der Waals surface area contributed by atoms with Crippen LogP contribution in [0.3, 0.4) is 0 Å². The number of carbonyl (C=O) groups excluding carboxylic acids is 1. The first-order valence-corrected chi connectivity index (χ1v) is 8.42. The predicted octanol–water partition coefficient (Wildman–Crippen LogP) is 3.66. The number of carbonyl (C=O) groups is 1. The molecule has 0 aliphatic heterocycles. The van der Waals surface area contributed by atoms with Crippen molar-refractivity contribution >= 4 is 49.1 Å². The van der Waals surface area contributed by atoms with Gasteiger partial charge in [0.2, 0.25) is 0 Å². The summed E-state index contributed by atoms with van der Waals surface area (Å²) in [5.41, 5.74) is 6.75. The molecule has 1 aromatic rings. The molecule has 0 aromatic carbocycles. The topological polar surface area (TPSA) is 55.1 Å². The first kappa shape index (κ1) is 14.5. The van der Waals surface area contributed by atoms with E-state index in [4.69, 9.17) is 5.73 Å². The Bertz CT molecular complexity index is 441. The van der Waals surface area contributed by atoms with Crippen molar-refractivity contribution in [2.24, 2.45) is 5.73 Å². The lowest BCUT2D eigenvalue weighted by molar-refractivity contribution is 0.0937. The highest BCUT2D eigenvalue weighted by Gasteiger charge is 2.28. The fourth-order valence-electron chi connectivity index (χ4n) is 2.28. The molecule has 1 amide bonds. The predicted molar refractivity (Wildman–Crippen MR) is 82.1 cm³/mol. The van der Waals surface area contributed by atoms with Gasteiger partial charge in [0, 0.05) is 12.1 Å². The summed E-state index contributed by atoms with van der Waals surface area (Å²) in [6.07, 6.45) is 5.60. The van der Waals surface area contributed by atoms with E-state index in [1.54, 1.807) is 0 Å². The largest absolute Gasteiger partial charge is 0.350 e. The zero-order chi connectivity index (χ0) is 13.2. The van der Waals surface area contributed by atoms with Crippen LogP contribution in [0.25, 0.3) is 0 Å². The monoisotopic (exact) mass is 394 g/mol. The van der Waals surface area contributed by atoms with Crippen molar-refractivity contribution in [3.63, 3.8) is 0 Å². The molecule has 1 aliphatic rings. The van der Waals surface area contributed by atoms with Crippen molar-refractivity contribution in [2.45, 2.75) is 37.6 Å². The minimum atomic E-state index is -0.215. The van der Waals surface area contributed by atoms with Crippen molar-refractivity contribution in [1.82, 2.24) is 5.32 Å². The highest BCUT2D eigenvalue weighted by atomic mass is 79.9. The molecule has 1 saturated carbocycles. The van der Waals surface area contributed by atoms with Gasteiger partial charge in [0.15, 0.2) is 0 Å². The van der Waals surface area contributed by atoms with Gasteiger partial charge >= 0.3 is 0 Å². The van der Waals surface area contributed by atoms with Crippen molar-refractivity contribution in [2.75, 3.05) is 6.54 Å². The van der Waals surface area contributed by atoms with Crippen molar-refractivity contribution in [1.29, 1.82) is 0 Å². The summed E-state index contributed by atoms with van der Waals surface area (Å²) in [6, 6.07) is 1.83. The van der Waals surface area contributed by atoms with Gasteiger partial charge in [-0.15, -0.1) is 11.3 Å². The normalized spacial score (nSPS) is 18.6. The fraction of sp³-hybridized carbons (Fsp3) is 0.583. The zero-order valence-corrected chi connectivity index (χ0v) is 14.0. The van der Waals surface area contributed by atoms with Gasteiger partial charge in [-0.25, -0.2) is 0 Å². The van der Waals surface area contributed by atoms with E-state index in [9.17, 15) is 4.79 Å². The van der Waals surface area contributed by atoms with Crippen LogP contribution in [0, 0.1) is 0 Å². The van der Waals surface area contributed by atoms with Crippen LogP contribution in [0.1, 0.15) is 42.5 Å². The van der Waals surface area contributed by atoms with Gasteiger partial charge in [0.05, 0.1) is 13.1 Å².